The van der Waals surface area contributed by atoms with Crippen molar-refractivity contribution >= 4 is 0 Å². The van der Waals surface area contributed by atoms with E-state index in [1.165, 1.54) is 0 Å². The van der Waals surface area contributed by atoms with Gasteiger partial charge in [0.15, 0.2) is 0 Å². The van der Waals surface area contributed by atoms with Gasteiger partial charge in [-0.2, -0.15) is 0 Å². The summed E-state index contributed by atoms with van der Waals surface area (Å²) in [5.74, 6) is 0. The fraction of sp³-hybridized carbons (Fsp3) is 0.444. The maximum absolute atomic E-state index is 8.97. The molecule has 4 heteroatoms. The smallest absolute Gasteiger partial charge is 0.0852 e. The molecule has 4 N–H and O–H groups in total. The standard InChI is InChI=1S/C9H14N2O2/c1-9(10,6-13)7-2-3-8(5-12)11-4-7/h2-4,12-13H,5-6,10H2,1H3/t9-/m1/s1. The summed E-state index contributed by atoms with van der Waals surface area (Å²) in [6.07, 6.45) is 1.57. The average Bonchev–Trinajstić information content (AvgIpc) is 2.18. The van der Waals surface area contributed by atoms with Crippen LogP contribution >= 0.6 is 0 Å². The van der Waals surface area contributed by atoms with E-state index in [2.05, 4.69) is 4.98 Å². The molecular formula is C9H14N2O2. The molecule has 1 rings (SSSR count). The Hall–Kier alpha value is -0.970. The molecule has 0 bridgehead atoms. The maximum Gasteiger partial charge on any atom is 0.0852 e. The van der Waals surface area contributed by atoms with Gasteiger partial charge < -0.3 is 15.9 Å². The average molecular weight is 182 g/mol. The van der Waals surface area contributed by atoms with Gasteiger partial charge in [-0.25, -0.2) is 0 Å². The molecule has 0 saturated heterocycles. The molecule has 72 valence electrons. The first-order valence-corrected chi connectivity index (χ1v) is 4.06. The Morgan fingerprint density at radius 3 is 2.54 bits per heavy atom. The van der Waals surface area contributed by atoms with E-state index < -0.39 is 5.54 Å². The molecular weight excluding hydrogens is 168 g/mol. The molecule has 0 unspecified atom stereocenters. The summed E-state index contributed by atoms with van der Waals surface area (Å²) in [6, 6.07) is 3.45. The van der Waals surface area contributed by atoms with Crippen molar-refractivity contribution in [2.24, 2.45) is 5.73 Å². The molecule has 0 aliphatic carbocycles. The summed E-state index contributed by atoms with van der Waals surface area (Å²) in [7, 11) is 0. The lowest BCUT2D eigenvalue weighted by Crippen LogP contribution is -2.37. The van der Waals surface area contributed by atoms with Gasteiger partial charge in [0.1, 0.15) is 0 Å². The second kappa shape index (κ2) is 3.83. The molecule has 13 heavy (non-hydrogen) atoms. The lowest BCUT2D eigenvalue weighted by Gasteiger charge is -2.21. The van der Waals surface area contributed by atoms with Crippen LogP contribution in [0.4, 0.5) is 0 Å². The van der Waals surface area contributed by atoms with Crippen LogP contribution in [0.3, 0.4) is 0 Å². The Morgan fingerprint density at radius 1 is 1.46 bits per heavy atom. The number of hydrogen-bond acceptors (Lipinski definition) is 4. The quantitative estimate of drug-likeness (QED) is 0.601. The van der Waals surface area contributed by atoms with Gasteiger partial charge in [0.2, 0.25) is 0 Å². The molecule has 0 aliphatic rings. The van der Waals surface area contributed by atoms with E-state index in [0.29, 0.717) is 5.69 Å². The summed E-state index contributed by atoms with van der Waals surface area (Å²) in [5, 5.41) is 17.7. The van der Waals surface area contributed by atoms with Crippen LogP contribution in [0, 0.1) is 0 Å². The Bertz CT molecular complexity index is 269. The third-order valence-electron chi connectivity index (χ3n) is 1.97. The Labute approximate surface area is 77.0 Å². The van der Waals surface area contributed by atoms with Gasteiger partial charge in [-0.3, -0.25) is 4.98 Å². The molecule has 0 fully saturated rings. The van der Waals surface area contributed by atoms with Gasteiger partial charge in [0.05, 0.1) is 24.4 Å². The SMILES string of the molecule is C[C@@](N)(CO)c1ccc(CO)nc1. The molecule has 0 amide bonds. The predicted octanol–water partition coefficient (Wildman–Crippen LogP) is -0.260. The van der Waals surface area contributed by atoms with Crippen molar-refractivity contribution in [1.82, 2.24) is 4.98 Å². The van der Waals surface area contributed by atoms with Crippen molar-refractivity contribution in [3.63, 3.8) is 0 Å². The summed E-state index contributed by atoms with van der Waals surface area (Å²) < 4.78 is 0. The van der Waals surface area contributed by atoms with Gasteiger partial charge >= 0.3 is 0 Å². The van der Waals surface area contributed by atoms with E-state index >= 15 is 0 Å². The number of aliphatic hydroxyl groups is 2. The van der Waals surface area contributed by atoms with E-state index in [9.17, 15) is 0 Å². The van der Waals surface area contributed by atoms with Crippen molar-refractivity contribution in [2.75, 3.05) is 6.61 Å². The van der Waals surface area contributed by atoms with Crippen LogP contribution in [-0.2, 0) is 12.1 Å². The zero-order valence-electron chi connectivity index (χ0n) is 7.57. The second-order valence-corrected chi connectivity index (χ2v) is 3.27. The van der Waals surface area contributed by atoms with E-state index in [1.54, 1.807) is 25.3 Å². The van der Waals surface area contributed by atoms with Gasteiger partial charge in [-0.1, -0.05) is 6.07 Å². The van der Waals surface area contributed by atoms with Crippen LogP contribution in [0.5, 0.6) is 0 Å². The third kappa shape index (κ3) is 2.24. The van der Waals surface area contributed by atoms with Crippen molar-refractivity contribution in [3.05, 3.63) is 29.6 Å². The maximum atomic E-state index is 8.97. The van der Waals surface area contributed by atoms with Crippen LogP contribution in [0.1, 0.15) is 18.2 Å². The molecule has 0 radical (unpaired) electrons. The van der Waals surface area contributed by atoms with Gasteiger partial charge in [-0.05, 0) is 18.6 Å². The Balaban J connectivity index is 2.92. The highest BCUT2D eigenvalue weighted by Crippen LogP contribution is 2.15. The van der Waals surface area contributed by atoms with E-state index in [1.807, 2.05) is 0 Å². The predicted molar refractivity (Wildman–Crippen MR) is 48.8 cm³/mol. The zero-order valence-corrected chi connectivity index (χ0v) is 7.57. The summed E-state index contributed by atoms with van der Waals surface area (Å²) in [4.78, 5) is 3.97. The number of nitrogens with two attached hydrogens (primary N) is 1. The number of hydrogen-bond donors (Lipinski definition) is 3. The number of nitrogens with zero attached hydrogens (tertiary/aromatic N) is 1. The number of aliphatic hydroxyl groups excluding tert-OH is 2. The minimum absolute atomic E-state index is 0.0826. The normalized spacial score (nSPS) is 15.4. The van der Waals surface area contributed by atoms with Gasteiger partial charge in [-0.15, -0.1) is 0 Å². The molecule has 4 nitrogen and oxygen atoms in total. The van der Waals surface area contributed by atoms with Crippen LogP contribution in [0.25, 0.3) is 0 Å². The number of pyridine rings is 1. The van der Waals surface area contributed by atoms with E-state index in [4.69, 9.17) is 15.9 Å². The number of rotatable bonds is 3. The molecule has 1 aromatic heterocycles. The minimum Gasteiger partial charge on any atom is -0.394 e. The molecule has 1 aromatic rings. The lowest BCUT2D eigenvalue weighted by atomic mass is 9.96. The number of aromatic nitrogens is 1. The van der Waals surface area contributed by atoms with Crippen LogP contribution in [-0.4, -0.2) is 21.8 Å². The summed E-state index contributed by atoms with van der Waals surface area (Å²) in [6.45, 7) is 1.51. The van der Waals surface area contributed by atoms with Crippen molar-refractivity contribution in [3.8, 4) is 0 Å². The van der Waals surface area contributed by atoms with Crippen LogP contribution < -0.4 is 5.73 Å². The minimum atomic E-state index is -0.763. The summed E-state index contributed by atoms with van der Waals surface area (Å²) in [5.41, 5.74) is 6.36. The first-order chi connectivity index (χ1) is 6.10. The fourth-order valence-electron chi connectivity index (χ4n) is 0.947. The van der Waals surface area contributed by atoms with E-state index in [0.717, 1.165) is 5.56 Å². The fourth-order valence-corrected chi connectivity index (χ4v) is 0.947. The molecule has 1 heterocycles. The lowest BCUT2D eigenvalue weighted by molar-refractivity contribution is 0.209. The van der Waals surface area contributed by atoms with Crippen molar-refractivity contribution in [1.29, 1.82) is 0 Å². The van der Waals surface area contributed by atoms with Crippen molar-refractivity contribution in [2.45, 2.75) is 19.1 Å². The molecule has 0 saturated carbocycles. The highest BCUT2D eigenvalue weighted by Gasteiger charge is 2.19. The van der Waals surface area contributed by atoms with Gasteiger partial charge in [0.25, 0.3) is 0 Å². The Morgan fingerprint density at radius 2 is 2.15 bits per heavy atom. The topological polar surface area (TPSA) is 79.4 Å². The highest BCUT2D eigenvalue weighted by atomic mass is 16.3. The van der Waals surface area contributed by atoms with Crippen molar-refractivity contribution < 1.29 is 10.2 Å². The van der Waals surface area contributed by atoms with Crippen LogP contribution in [0.15, 0.2) is 18.3 Å². The monoisotopic (exact) mass is 182 g/mol. The zero-order chi connectivity index (χ0) is 9.90. The molecule has 0 spiro atoms. The Kier molecular flexibility index (Phi) is 2.98. The summed E-state index contributed by atoms with van der Waals surface area (Å²) >= 11 is 0. The van der Waals surface area contributed by atoms with E-state index in [-0.39, 0.29) is 13.2 Å². The first kappa shape index (κ1) is 10.1. The van der Waals surface area contributed by atoms with Crippen LogP contribution in [0.2, 0.25) is 0 Å². The first-order valence-electron chi connectivity index (χ1n) is 4.06. The molecule has 0 aromatic carbocycles. The molecule has 1 atom stereocenters. The largest absolute Gasteiger partial charge is 0.394 e. The molecule has 0 aliphatic heterocycles. The second-order valence-electron chi connectivity index (χ2n) is 3.27. The highest BCUT2D eigenvalue weighted by molar-refractivity contribution is 5.21. The van der Waals surface area contributed by atoms with Gasteiger partial charge in [0, 0.05) is 6.20 Å². The third-order valence-corrected chi connectivity index (χ3v) is 1.97.